The van der Waals surface area contributed by atoms with Crippen LogP contribution in [0, 0.1) is 10.1 Å². The average Bonchev–Trinajstić information content (AvgIpc) is 2.84. The van der Waals surface area contributed by atoms with E-state index in [-0.39, 0.29) is 17.1 Å². The van der Waals surface area contributed by atoms with Crippen molar-refractivity contribution >= 4 is 44.7 Å². The molecule has 0 unspecified atom stereocenters. The molecule has 21 heavy (non-hydrogen) atoms. The van der Waals surface area contributed by atoms with Gasteiger partial charge in [-0.15, -0.1) is 11.3 Å². The number of nitrogens with zero attached hydrogens (tertiary/aromatic N) is 2. The van der Waals surface area contributed by atoms with Gasteiger partial charge in [0.05, 0.1) is 14.3 Å². The fourth-order valence-electron chi connectivity index (χ4n) is 1.64. The van der Waals surface area contributed by atoms with E-state index in [0.717, 1.165) is 20.9 Å². The summed E-state index contributed by atoms with van der Waals surface area (Å²) in [6.07, 6.45) is 1.79. The lowest BCUT2D eigenvalue weighted by molar-refractivity contribution is -0.384. The van der Waals surface area contributed by atoms with Crippen molar-refractivity contribution in [1.29, 1.82) is 0 Å². The molecule has 0 bridgehead atoms. The van der Waals surface area contributed by atoms with Crippen LogP contribution in [-0.2, 0) is 6.42 Å². The number of aromatic carboxylic acids is 1. The molecule has 0 aromatic carbocycles. The van der Waals surface area contributed by atoms with E-state index in [1.807, 2.05) is 12.1 Å². The van der Waals surface area contributed by atoms with Crippen molar-refractivity contribution in [3.63, 3.8) is 0 Å². The van der Waals surface area contributed by atoms with Gasteiger partial charge in [-0.25, -0.2) is 9.78 Å². The quantitative estimate of drug-likeness (QED) is 0.596. The zero-order valence-electron chi connectivity index (χ0n) is 10.6. The Labute approximate surface area is 131 Å². The van der Waals surface area contributed by atoms with Crippen molar-refractivity contribution in [3.05, 3.63) is 48.7 Å². The van der Waals surface area contributed by atoms with Crippen LogP contribution < -0.4 is 5.32 Å². The summed E-state index contributed by atoms with van der Waals surface area (Å²) in [5.74, 6) is -1.18. The molecule has 0 saturated heterocycles. The van der Waals surface area contributed by atoms with Gasteiger partial charge >= 0.3 is 11.7 Å². The van der Waals surface area contributed by atoms with Crippen LogP contribution in [0.2, 0.25) is 0 Å². The molecule has 9 heteroatoms. The SMILES string of the molecule is O=C(O)c1cnc(NCCc2ccc(Br)s2)c([N+](=O)[O-])c1. The van der Waals surface area contributed by atoms with E-state index in [1.54, 1.807) is 11.3 Å². The Morgan fingerprint density at radius 3 is 2.86 bits per heavy atom. The lowest BCUT2D eigenvalue weighted by Gasteiger charge is -2.05. The number of halogens is 1. The third-order valence-electron chi connectivity index (χ3n) is 2.60. The molecule has 7 nitrogen and oxygen atoms in total. The second kappa shape index (κ2) is 6.64. The number of thiophene rings is 1. The Hall–Kier alpha value is -2.00. The molecule has 0 atom stereocenters. The highest BCUT2D eigenvalue weighted by Crippen LogP contribution is 2.24. The molecular formula is C12H10BrN3O4S. The third-order valence-corrected chi connectivity index (χ3v) is 4.29. The summed E-state index contributed by atoms with van der Waals surface area (Å²) in [5.41, 5.74) is -0.559. The smallest absolute Gasteiger partial charge is 0.337 e. The zero-order valence-corrected chi connectivity index (χ0v) is 13.0. The van der Waals surface area contributed by atoms with Crippen molar-refractivity contribution in [2.45, 2.75) is 6.42 Å². The Kier molecular flexibility index (Phi) is 4.86. The number of anilines is 1. The number of nitrogens with one attached hydrogen (secondary N) is 1. The van der Waals surface area contributed by atoms with Gasteiger partial charge in [-0.2, -0.15) is 0 Å². The summed E-state index contributed by atoms with van der Waals surface area (Å²) in [7, 11) is 0. The molecule has 0 radical (unpaired) electrons. The molecular weight excluding hydrogens is 362 g/mol. The molecule has 0 fully saturated rings. The van der Waals surface area contributed by atoms with Crippen molar-refractivity contribution in [3.8, 4) is 0 Å². The highest BCUT2D eigenvalue weighted by molar-refractivity contribution is 9.11. The predicted octanol–water partition coefficient (Wildman–Crippen LogP) is 3.17. The lowest BCUT2D eigenvalue weighted by atomic mass is 10.2. The third kappa shape index (κ3) is 3.99. The fraction of sp³-hybridized carbons (Fsp3) is 0.167. The monoisotopic (exact) mass is 371 g/mol. The van der Waals surface area contributed by atoms with Crippen molar-refractivity contribution in [2.75, 3.05) is 11.9 Å². The molecule has 2 rings (SSSR count). The molecule has 2 heterocycles. The summed E-state index contributed by atoms with van der Waals surface area (Å²) in [4.78, 5) is 26.1. The largest absolute Gasteiger partial charge is 0.478 e. The van der Waals surface area contributed by atoms with Gasteiger partial charge in [0.2, 0.25) is 5.82 Å². The van der Waals surface area contributed by atoms with Crippen molar-refractivity contribution < 1.29 is 14.8 Å². The molecule has 0 amide bonds. The number of carboxylic acids is 1. The lowest BCUT2D eigenvalue weighted by Crippen LogP contribution is -2.09. The number of nitro groups is 1. The first-order valence-electron chi connectivity index (χ1n) is 5.83. The number of aromatic nitrogens is 1. The molecule has 0 aliphatic heterocycles. The van der Waals surface area contributed by atoms with Gasteiger partial charge in [0.1, 0.15) is 0 Å². The normalized spacial score (nSPS) is 10.3. The van der Waals surface area contributed by atoms with Crippen LogP contribution in [0.25, 0.3) is 0 Å². The molecule has 2 aromatic rings. The van der Waals surface area contributed by atoms with Gasteiger partial charge in [-0.1, -0.05) is 0 Å². The first-order chi connectivity index (χ1) is 9.97. The van der Waals surface area contributed by atoms with E-state index in [2.05, 4.69) is 26.2 Å². The van der Waals surface area contributed by atoms with Crippen LogP contribution in [0.4, 0.5) is 11.5 Å². The maximum Gasteiger partial charge on any atom is 0.337 e. The second-order valence-electron chi connectivity index (χ2n) is 4.04. The van der Waals surface area contributed by atoms with Crippen LogP contribution in [0.15, 0.2) is 28.2 Å². The average molecular weight is 372 g/mol. The number of hydrogen-bond donors (Lipinski definition) is 2. The van der Waals surface area contributed by atoms with Gasteiger partial charge in [0, 0.05) is 23.7 Å². The summed E-state index contributed by atoms with van der Waals surface area (Å²) < 4.78 is 1.02. The van der Waals surface area contributed by atoms with Crippen LogP contribution in [0.3, 0.4) is 0 Å². The Morgan fingerprint density at radius 1 is 1.52 bits per heavy atom. The van der Waals surface area contributed by atoms with Crippen LogP contribution in [0.5, 0.6) is 0 Å². The Balaban J connectivity index is 2.08. The molecule has 0 saturated carbocycles. The minimum absolute atomic E-state index is 0.0700. The van der Waals surface area contributed by atoms with Gasteiger partial charge in [0.15, 0.2) is 0 Å². The van der Waals surface area contributed by atoms with Crippen LogP contribution >= 0.6 is 27.3 Å². The second-order valence-corrected chi connectivity index (χ2v) is 6.58. The molecule has 0 aliphatic carbocycles. The zero-order chi connectivity index (χ0) is 15.4. The van der Waals surface area contributed by atoms with Gasteiger partial charge in [-0.05, 0) is 34.5 Å². The van der Waals surface area contributed by atoms with E-state index in [1.165, 1.54) is 0 Å². The summed E-state index contributed by atoms with van der Waals surface area (Å²) in [6.45, 7) is 0.465. The first-order valence-corrected chi connectivity index (χ1v) is 7.44. The number of rotatable bonds is 6. The van der Waals surface area contributed by atoms with Gasteiger partial charge in [-0.3, -0.25) is 10.1 Å². The van der Waals surface area contributed by atoms with E-state index in [4.69, 9.17) is 5.11 Å². The molecule has 2 aromatic heterocycles. The first kappa shape index (κ1) is 15.4. The highest BCUT2D eigenvalue weighted by Gasteiger charge is 2.18. The summed E-state index contributed by atoms with van der Waals surface area (Å²) in [5, 5.41) is 22.6. The summed E-state index contributed by atoms with van der Waals surface area (Å²) >= 11 is 4.95. The predicted molar refractivity (Wildman–Crippen MR) is 82.1 cm³/mol. The Morgan fingerprint density at radius 2 is 2.29 bits per heavy atom. The van der Waals surface area contributed by atoms with Crippen LogP contribution in [0.1, 0.15) is 15.2 Å². The maximum absolute atomic E-state index is 11.0. The highest BCUT2D eigenvalue weighted by atomic mass is 79.9. The van der Waals surface area contributed by atoms with E-state index in [9.17, 15) is 14.9 Å². The van der Waals surface area contributed by atoms with Crippen LogP contribution in [-0.4, -0.2) is 27.5 Å². The number of carboxylic acid groups (broad SMARTS) is 1. The Bertz CT molecular complexity index is 689. The molecule has 0 spiro atoms. The topological polar surface area (TPSA) is 105 Å². The molecule has 2 N–H and O–H groups in total. The van der Waals surface area contributed by atoms with Crippen molar-refractivity contribution in [1.82, 2.24) is 4.98 Å². The van der Waals surface area contributed by atoms with Gasteiger partial charge < -0.3 is 10.4 Å². The van der Waals surface area contributed by atoms with E-state index < -0.39 is 10.9 Å². The molecule has 0 aliphatic rings. The van der Waals surface area contributed by atoms with Crippen molar-refractivity contribution in [2.24, 2.45) is 0 Å². The van der Waals surface area contributed by atoms with Gasteiger partial charge in [0.25, 0.3) is 0 Å². The number of carbonyl (C=O) groups is 1. The van der Waals surface area contributed by atoms with E-state index in [0.29, 0.717) is 13.0 Å². The minimum atomic E-state index is -1.25. The molecule has 110 valence electrons. The maximum atomic E-state index is 11.0. The standard InChI is InChI=1S/C12H10BrN3O4S/c13-10-2-1-8(21-10)3-4-14-11-9(16(19)20)5-7(6-15-11)12(17)18/h1-2,5-6H,3-4H2,(H,14,15)(H,17,18). The fourth-order valence-corrected chi connectivity index (χ4v) is 3.12. The van der Waals surface area contributed by atoms with E-state index >= 15 is 0 Å². The minimum Gasteiger partial charge on any atom is -0.478 e. The number of hydrogen-bond acceptors (Lipinski definition) is 6. The summed E-state index contributed by atoms with van der Waals surface area (Å²) in [6, 6.07) is 4.90. The number of pyridine rings is 1.